The van der Waals surface area contributed by atoms with Gasteiger partial charge in [-0.05, 0) is 63.5 Å². The highest BCUT2D eigenvalue weighted by Crippen LogP contribution is 2.31. The molecule has 1 N–H and O–H groups in total. The third-order valence-electron chi connectivity index (χ3n) is 5.09. The van der Waals surface area contributed by atoms with E-state index in [1.54, 1.807) is 31.4 Å². The molecule has 172 valence electrons. The van der Waals surface area contributed by atoms with Gasteiger partial charge in [-0.1, -0.05) is 60.7 Å². The van der Waals surface area contributed by atoms with E-state index in [4.69, 9.17) is 14.2 Å². The second kappa shape index (κ2) is 11.4. The second-order valence-corrected chi connectivity index (χ2v) is 8.37. The number of ether oxygens (including phenoxy) is 3. The van der Waals surface area contributed by atoms with E-state index in [9.17, 15) is 4.79 Å². The Morgan fingerprint density at radius 1 is 0.735 bits per heavy atom. The highest BCUT2D eigenvalue weighted by Gasteiger charge is 2.13. The first-order valence-electron chi connectivity index (χ1n) is 10.7. The Morgan fingerprint density at radius 3 is 1.91 bits per heavy atom. The molecular formula is C28H24BrNO4. The maximum Gasteiger partial charge on any atom is 0.255 e. The lowest BCUT2D eigenvalue weighted by atomic mass is 10.1. The van der Waals surface area contributed by atoms with Gasteiger partial charge in [0.15, 0.2) is 11.5 Å². The van der Waals surface area contributed by atoms with Gasteiger partial charge in [0.2, 0.25) is 0 Å². The molecule has 0 saturated heterocycles. The van der Waals surface area contributed by atoms with Crippen molar-refractivity contribution in [1.82, 2.24) is 0 Å². The summed E-state index contributed by atoms with van der Waals surface area (Å²) in [6, 6.07) is 30.4. The predicted molar refractivity (Wildman–Crippen MR) is 137 cm³/mol. The molecule has 34 heavy (non-hydrogen) atoms. The summed E-state index contributed by atoms with van der Waals surface area (Å²) in [4.78, 5) is 12.8. The minimum absolute atomic E-state index is 0.252. The van der Waals surface area contributed by atoms with Crippen molar-refractivity contribution in [2.45, 2.75) is 13.2 Å². The van der Waals surface area contributed by atoms with Crippen LogP contribution in [0.3, 0.4) is 0 Å². The number of benzene rings is 4. The van der Waals surface area contributed by atoms with E-state index in [2.05, 4.69) is 21.2 Å². The zero-order valence-corrected chi connectivity index (χ0v) is 20.2. The van der Waals surface area contributed by atoms with Crippen LogP contribution in [-0.2, 0) is 13.2 Å². The molecule has 4 rings (SSSR count). The number of carbonyl (C=O) groups excluding carboxylic acids is 1. The molecule has 4 aromatic rings. The van der Waals surface area contributed by atoms with Crippen LogP contribution in [0.1, 0.15) is 21.5 Å². The van der Waals surface area contributed by atoms with Crippen LogP contribution >= 0.6 is 15.9 Å². The fourth-order valence-electron chi connectivity index (χ4n) is 3.30. The molecule has 0 aliphatic carbocycles. The molecule has 0 spiro atoms. The molecule has 0 aliphatic rings. The Morgan fingerprint density at radius 2 is 1.32 bits per heavy atom. The van der Waals surface area contributed by atoms with Crippen LogP contribution < -0.4 is 19.5 Å². The minimum Gasteiger partial charge on any atom is -0.493 e. The van der Waals surface area contributed by atoms with Gasteiger partial charge in [-0.15, -0.1) is 0 Å². The molecule has 1 amide bonds. The fourth-order valence-corrected chi connectivity index (χ4v) is 3.79. The number of hydrogen-bond acceptors (Lipinski definition) is 4. The monoisotopic (exact) mass is 517 g/mol. The van der Waals surface area contributed by atoms with Gasteiger partial charge in [0.25, 0.3) is 5.91 Å². The van der Waals surface area contributed by atoms with E-state index in [1.165, 1.54) is 0 Å². The average Bonchev–Trinajstić information content (AvgIpc) is 2.88. The zero-order valence-electron chi connectivity index (χ0n) is 18.7. The lowest BCUT2D eigenvalue weighted by Crippen LogP contribution is -2.12. The molecule has 0 aromatic heterocycles. The summed E-state index contributed by atoms with van der Waals surface area (Å²) >= 11 is 3.52. The van der Waals surface area contributed by atoms with Crippen LogP contribution in [0.5, 0.6) is 17.2 Å². The van der Waals surface area contributed by atoms with Crippen molar-refractivity contribution in [3.8, 4) is 17.2 Å². The predicted octanol–water partition coefficient (Wildman–Crippen LogP) is 6.87. The molecule has 0 saturated carbocycles. The van der Waals surface area contributed by atoms with Gasteiger partial charge in [-0.3, -0.25) is 4.79 Å². The molecule has 0 aliphatic heterocycles. The average molecular weight is 518 g/mol. The first-order valence-corrected chi connectivity index (χ1v) is 11.5. The van der Waals surface area contributed by atoms with Crippen LogP contribution in [0.25, 0.3) is 0 Å². The highest BCUT2D eigenvalue weighted by atomic mass is 79.9. The summed E-state index contributed by atoms with van der Waals surface area (Å²) in [5, 5.41) is 2.91. The number of halogens is 1. The summed E-state index contributed by atoms with van der Waals surface area (Å²) in [6.07, 6.45) is 0. The lowest BCUT2D eigenvalue weighted by molar-refractivity contribution is 0.102. The largest absolute Gasteiger partial charge is 0.493 e. The Hall–Kier alpha value is -3.77. The zero-order chi connectivity index (χ0) is 23.8. The molecular weight excluding hydrogens is 494 g/mol. The van der Waals surface area contributed by atoms with Crippen LogP contribution in [0.15, 0.2) is 102 Å². The first kappa shape index (κ1) is 23.4. The number of amides is 1. The lowest BCUT2D eigenvalue weighted by Gasteiger charge is -2.13. The third-order valence-corrected chi connectivity index (χ3v) is 5.71. The Labute approximate surface area is 207 Å². The van der Waals surface area contributed by atoms with Crippen LogP contribution in [0.2, 0.25) is 0 Å². The molecule has 0 fully saturated rings. The maximum atomic E-state index is 12.8. The quantitative estimate of drug-likeness (QED) is 0.263. The van der Waals surface area contributed by atoms with E-state index in [1.807, 2.05) is 72.8 Å². The number of hydrogen-bond donors (Lipinski definition) is 1. The standard InChI is InChI=1S/C28H24BrNO4/c1-32-27-16-22(12-14-26(27)34-19-21-10-6-3-7-11-21)28(31)30-23-13-15-25(24(29)17-23)33-18-20-8-4-2-5-9-20/h2-17H,18-19H2,1H3,(H,30,31). The first-order chi connectivity index (χ1) is 16.6. The smallest absolute Gasteiger partial charge is 0.255 e. The SMILES string of the molecule is COc1cc(C(=O)Nc2ccc(OCc3ccccc3)c(Br)c2)ccc1OCc1ccccc1. The molecule has 0 heterocycles. The number of nitrogens with one attached hydrogen (secondary N) is 1. The van der Waals surface area contributed by atoms with Gasteiger partial charge in [-0.25, -0.2) is 0 Å². The van der Waals surface area contributed by atoms with Crippen molar-refractivity contribution in [2.75, 3.05) is 12.4 Å². The molecule has 4 aromatic carbocycles. The van der Waals surface area contributed by atoms with E-state index in [0.717, 1.165) is 15.6 Å². The van der Waals surface area contributed by atoms with Crippen LogP contribution in [0, 0.1) is 0 Å². The summed E-state index contributed by atoms with van der Waals surface area (Å²) in [6.45, 7) is 0.874. The van der Waals surface area contributed by atoms with Crippen molar-refractivity contribution in [3.05, 3.63) is 118 Å². The van der Waals surface area contributed by atoms with Crippen molar-refractivity contribution in [3.63, 3.8) is 0 Å². The van der Waals surface area contributed by atoms with E-state index >= 15 is 0 Å². The normalized spacial score (nSPS) is 10.4. The number of anilines is 1. The molecule has 0 unspecified atom stereocenters. The van der Waals surface area contributed by atoms with Gasteiger partial charge in [0.1, 0.15) is 19.0 Å². The van der Waals surface area contributed by atoms with Crippen LogP contribution in [0.4, 0.5) is 5.69 Å². The Bertz CT molecular complexity index is 1250. The Kier molecular flexibility index (Phi) is 7.83. The van der Waals surface area contributed by atoms with Crippen molar-refractivity contribution >= 4 is 27.5 Å². The second-order valence-electron chi connectivity index (χ2n) is 7.51. The van der Waals surface area contributed by atoms with Gasteiger partial charge in [-0.2, -0.15) is 0 Å². The van der Waals surface area contributed by atoms with Crippen LogP contribution in [-0.4, -0.2) is 13.0 Å². The van der Waals surface area contributed by atoms with Crippen molar-refractivity contribution in [2.24, 2.45) is 0 Å². The van der Waals surface area contributed by atoms with Gasteiger partial charge in [0, 0.05) is 11.3 Å². The summed E-state index contributed by atoms with van der Waals surface area (Å²) in [5.74, 6) is 1.51. The van der Waals surface area contributed by atoms with Crippen molar-refractivity contribution < 1.29 is 19.0 Å². The molecule has 0 atom stereocenters. The number of methoxy groups -OCH3 is 1. The summed E-state index contributed by atoms with van der Waals surface area (Å²) < 4.78 is 17.9. The highest BCUT2D eigenvalue weighted by molar-refractivity contribution is 9.10. The topological polar surface area (TPSA) is 56.8 Å². The van der Waals surface area contributed by atoms with E-state index in [-0.39, 0.29) is 5.91 Å². The minimum atomic E-state index is -0.252. The van der Waals surface area contributed by atoms with E-state index < -0.39 is 0 Å². The maximum absolute atomic E-state index is 12.8. The fraction of sp³-hybridized carbons (Fsp3) is 0.107. The molecule has 5 nitrogen and oxygen atoms in total. The van der Waals surface area contributed by atoms with Gasteiger partial charge in [0.05, 0.1) is 11.6 Å². The molecule has 0 bridgehead atoms. The van der Waals surface area contributed by atoms with Gasteiger partial charge < -0.3 is 19.5 Å². The summed E-state index contributed by atoms with van der Waals surface area (Å²) in [7, 11) is 1.55. The van der Waals surface area contributed by atoms with E-state index in [0.29, 0.717) is 41.7 Å². The number of carbonyl (C=O) groups is 1. The van der Waals surface area contributed by atoms with Crippen molar-refractivity contribution in [1.29, 1.82) is 0 Å². The Balaban J connectivity index is 1.39. The molecule has 0 radical (unpaired) electrons. The molecule has 6 heteroatoms. The summed E-state index contributed by atoms with van der Waals surface area (Å²) in [5.41, 5.74) is 3.24. The number of rotatable bonds is 9. The van der Waals surface area contributed by atoms with Gasteiger partial charge >= 0.3 is 0 Å². The third kappa shape index (κ3) is 6.17.